The average molecular weight is 215 g/mol. The Bertz CT molecular complexity index is 590. The molecule has 0 aromatic heterocycles. The van der Waals surface area contributed by atoms with Crippen LogP contribution >= 0.6 is 0 Å². The van der Waals surface area contributed by atoms with Crippen LogP contribution < -0.4 is 0 Å². The van der Waals surface area contributed by atoms with Gasteiger partial charge in [0.1, 0.15) is 11.4 Å². The summed E-state index contributed by atoms with van der Waals surface area (Å²) in [6.45, 7) is 3.37. The number of hydrogen-bond acceptors (Lipinski definition) is 3. The molecule has 0 radical (unpaired) electrons. The summed E-state index contributed by atoms with van der Waals surface area (Å²) in [7, 11) is 0. The fourth-order valence-corrected chi connectivity index (χ4v) is 1.60. The number of hydrogen-bond donors (Lipinski definition) is 2. The van der Waals surface area contributed by atoms with E-state index in [1.165, 1.54) is 18.2 Å². The summed E-state index contributed by atoms with van der Waals surface area (Å²) in [5.74, 6) is -0.950. The van der Waals surface area contributed by atoms with Crippen LogP contribution in [-0.4, -0.2) is 22.9 Å². The predicted octanol–water partition coefficient (Wildman–Crippen LogP) is 2.58. The van der Waals surface area contributed by atoms with Crippen LogP contribution in [0.5, 0.6) is 5.75 Å². The van der Waals surface area contributed by atoms with Gasteiger partial charge in [0.15, 0.2) is 0 Å². The highest BCUT2D eigenvalue weighted by atomic mass is 16.4. The van der Waals surface area contributed by atoms with Gasteiger partial charge in [-0.25, -0.2) is 4.79 Å². The van der Waals surface area contributed by atoms with E-state index >= 15 is 0 Å². The first-order chi connectivity index (χ1) is 7.63. The van der Waals surface area contributed by atoms with E-state index < -0.39 is 5.97 Å². The second-order valence-corrected chi connectivity index (χ2v) is 3.33. The molecule has 0 fully saturated rings. The molecule has 0 spiro atoms. The van der Waals surface area contributed by atoms with Crippen LogP contribution in [0, 0.1) is 0 Å². The highest BCUT2D eigenvalue weighted by Gasteiger charge is 2.08. The molecule has 0 amide bonds. The normalized spacial score (nSPS) is 10.2. The summed E-state index contributed by atoms with van der Waals surface area (Å²) in [5, 5.41) is 19.8. The topological polar surface area (TPSA) is 69.9 Å². The lowest BCUT2D eigenvalue weighted by Gasteiger charge is -2.05. The van der Waals surface area contributed by atoms with Crippen molar-refractivity contribution in [3.63, 3.8) is 0 Å². The molecule has 0 saturated heterocycles. The second-order valence-electron chi connectivity index (χ2n) is 3.33. The summed E-state index contributed by atoms with van der Waals surface area (Å²) >= 11 is 0. The van der Waals surface area contributed by atoms with Crippen LogP contribution in [0.3, 0.4) is 0 Å². The number of aromatic hydroxyl groups is 1. The molecule has 4 nitrogen and oxygen atoms in total. The maximum atomic E-state index is 10.8. The number of fused-ring (bicyclic) bond motifs is 1. The second kappa shape index (κ2) is 3.66. The van der Waals surface area contributed by atoms with Crippen LogP contribution in [0.4, 0.5) is 5.69 Å². The van der Waals surface area contributed by atoms with Crippen LogP contribution in [0.1, 0.15) is 10.4 Å². The molecule has 2 rings (SSSR count). The van der Waals surface area contributed by atoms with E-state index in [9.17, 15) is 9.90 Å². The van der Waals surface area contributed by atoms with E-state index in [1.807, 2.05) is 0 Å². The maximum Gasteiger partial charge on any atom is 0.335 e. The minimum Gasteiger partial charge on any atom is -0.506 e. The number of carboxylic acids is 1. The van der Waals surface area contributed by atoms with E-state index in [0.29, 0.717) is 16.5 Å². The zero-order valence-electron chi connectivity index (χ0n) is 8.34. The van der Waals surface area contributed by atoms with E-state index in [2.05, 4.69) is 11.7 Å². The molecule has 0 heterocycles. The zero-order valence-corrected chi connectivity index (χ0v) is 8.34. The summed E-state index contributed by atoms with van der Waals surface area (Å²) in [4.78, 5) is 14.5. The van der Waals surface area contributed by atoms with Crippen LogP contribution in [0.25, 0.3) is 10.8 Å². The first-order valence-electron chi connectivity index (χ1n) is 4.59. The molecule has 16 heavy (non-hydrogen) atoms. The Morgan fingerprint density at radius 3 is 2.62 bits per heavy atom. The number of rotatable bonds is 2. The van der Waals surface area contributed by atoms with Gasteiger partial charge < -0.3 is 10.2 Å². The van der Waals surface area contributed by atoms with E-state index in [4.69, 9.17) is 5.11 Å². The molecule has 0 atom stereocenters. The van der Waals surface area contributed by atoms with E-state index in [0.717, 1.165) is 0 Å². The summed E-state index contributed by atoms with van der Waals surface area (Å²) in [5.41, 5.74) is 0.572. The van der Waals surface area contributed by atoms with Crippen molar-refractivity contribution in [3.8, 4) is 5.75 Å². The molecule has 2 aromatic carbocycles. The Balaban J connectivity index is 2.78. The number of nitrogens with zero attached hydrogens (tertiary/aromatic N) is 1. The molecule has 0 aliphatic rings. The molecule has 0 saturated carbocycles. The summed E-state index contributed by atoms with van der Waals surface area (Å²) < 4.78 is 0. The number of carbonyl (C=O) groups is 1. The Kier molecular flexibility index (Phi) is 2.32. The monoisotopic (exact) mass is 215 g/mol. The molecule has 0 bridgehead atoms. The molecular formula is C12H9NO3. The van der Waals surface area contributed by atoms with Gasteiger partial charge >= 0.3 is 5.97 Å². The predicted molar refractivity (Wildman–Crippen MR) is 61.8 cm³/mol. The van der Waals surface area contributed by atoms with Crippen molar-refractivity contribution in [2.75, 3.05) is 0 Å². The van der Waals surface area contributed by atoms with Crippen molar-refractivity contribution in [2.45, 2.75) is 0 Å². The fourth-order valence-electron chi connectivity index (χ4n) is 1.60. The molecule has 0 aliphatic heterocycles. The van der Waals surface area contributed by atoms with E-state index in [-0.39, 0.29) is 11.3 Å². The van der Waals surface area contributed by atoms with Gasteiger partial charge in [0.05, 0.1) is 5.56 Å². The fraction of sp³-hybridized carbons (Fsp3) is 0. The van der Waals surface area contributed by atoms with Crippen molar-refractivity contribution < 1.29 is 15.0 Å². The third-order valence-electron chi connectivity index (χ3n) is 2.38. The SMILES string of the molecule is C=Nc1c(O)ccc2cc(C(=O)O)ccc12. The number of phenols is 1. The van der Waals surface area contributed by atoms with Crippen molar-refractivity contribution in [1.29, 1.82) is 0 Å². The Morgan fingerprint density at radius 1 is 1.25 bits per heavy atom. The standard InChI is InChI=1S/C12H9NO3/c1-13-11-9-4-2-8(12(15)16)6-7(9)3-5-10(11)14/h2-6,14H,1H2,(H,15,16). The lowest BCUT2D eigenvalue weighted by Crippen LogP contribution is -1.95. The zero-order chi connectivity index (χ0) is 11.7. The quantitative estimate of drug-likeness (QED) is 0.756. The lowest BCUT2D eigenvalue weighted by molar-refractivity contribution is 0.0697. The van der Waals surface area contributed by atoms with Gasteiger partial charge in [0, 0.05) is 5.39 Å². The van der Waals surface area contributed by atoms with Crippen molar-refractivity contribution in [3.05, 3.63) is 35.9 Å². The van der Waals surface area contributed by atoms with Gasteiger partial charge in [0.2, 0.25) is 0 Å². The number of aliphatic imine (C=N–C) groups is 1. The van der Waals surface area contributed by atoms with Gasteiger partial charge in [-0.15, -0.1) is 0 Å². The Morgan fingerprint density at radius 2 is 2.00 bits per heavy atom. The summed E-state index contributed by atoms with van der Waals surface area (Å²) in [6, 6.07) is 7.73. The molecule has 0 unspecified atom stereocenters. The molecule has 2 N–H and O–H groups in total. The maximum absolute atomic E-state index is 10.8. The average Bonchev–Trinajstić information content (AvgIpc) is 2.28. The number of benzene rings is 2. The third-order valence-corrected chi connectivity index (χ3v) is 2.38. The minimum atomic E-state index is -0.983. The van der Waals surface area contributed by atoms with Crippen LogP contribution in [0.2, 0.25) is 0 Å². The Hall–Kier alpha value is -2.36. The minimum absolute atomic E-state index is 0.0329. The number of phenolic OH excluding ortho intramolecular Hbond substituents is 1. The lowest BCUT2D eigenvalue weighted by atomic mass is 10.0. The number of aromatic carboxylic acids is 1. The van der Waals surface area contributed by atoms with Crippen LogP contribution in [-0.2, 0) is 0 Å². The third kappa shape index (κ3) is 1.50. The van der Waals surface area contributed by atoms with Crippen molar-refractivity contribution in [1.82, 2.24) is 0 Å². The first kappa shape index (κ1) is 10.2. The van der Waals surface area contributed by atoms with E-state index in [1.54, 1.807) is 12.1 Å². The largest absolute Gasteiger partial charge is 0.506 e. The molecule has 2 aromatic rings. The van der Waals surface area contributed by atoms with Gasteiger partial charge in [-0.1, -0.05) is 12.1 Å². The molecule has 4 heteroatoms. The highest BCUT2D eigenvalue weighted by molar-refractivity contribution is 6.00. The summed E-state index contributed by atoms with van der Waals surface area (Å²) in [6.07, 6.45) is 0. The highest BCUT2D eigenvalue weighted by Crippen LogP contribution is 2.34. The molecule has 80 valence electrons. The van der Waals surface area contributed by atoms with Crippen LogP contribution in [0.15, 0.2) is 35.3 Å². The van der Waals surface area contributed by atoms with Gasteiger partial charge in [0.25, 0.3) is 0 Å². The van der Waals surface area contributed by atoms with Crippen molar-refractivity contribution >= 4 is 29.1 Å². The van der Waals surface area contributed by atoms with Gasteiger partial charge in [-0.3, -0.25) is 4.99 Å². The van der Waals surface area contributed by atoms with Gasteiger partial charge in [-0.05, 0) is 30.3 Å². The molecule has 0 aliphatic carbocycles. The molecular weight excluding hydrogens is 206 g/mol. The Labute approximate surface area is 91.5 Å². The van der Waals surface area contributed by atoms with Crippen molar-refractivity contribution in [2.24, 2.45) is 4.99 Å². The first-order valence-corrected chi connectivity index (χ1v) is 4.59. The smallest absolute Gasteiger partial charge is 0.335 e. The van der Waals surface area contributed by atoms with Gasteiger partial charge in [-0.2, -0.15) is 0 Å². The number of carboxylic acid groups (broad SMARTS) is 1.